The van der Waals surface area contributed by atoms with Crippen LogP contribution in [0.4, 0.5) is 0 Å². The molecule has 7 heteroatoms. The maximum Gasteiger partial charge on any atom is 0.307 e. The second kappa shape index (κ2) is 13.0. The SMILES string of the molecule is CCNC1(CO[C@H]2[C@H](OC)C[C@]3([C@H](C)O)C4=CC[C@@]5(C)[C@H](C(=O)O)[C@@](C)([C@H](C)C(C)C)CC[C@]5(C)[C@H]4CC[C@H]3C2(C)C)CCOCC1. The molecule has 0 aromatic carbocycles. The van der Waals surface area contributed by atoms with Crippen LogP contribution in [0.15, 0.2) is 11.6 Å². The van der Waals surface area contributed by atoms with Gasteiger partial charge in [0, 0.05) is 31.3 Å². The molecule has 0 aromatic heterocycles. The highest BCUT2D eigenvalue weighted by molar-refractivity contribution is 5.73. The van der Waals surface area contributed by atoms with Gasteiger partial charge in [-0.15, -0.1) is 0 Å². The van der Waals surface area contributed by atoms with Crippen molar-refractivity contribution in [2.45, 2.75) is 144 Å². The lowest BCUT2D eigenvalue weighted by Crippen LogP contribution is -2.68. The van der Waals surface area contributed by atoms with Gasteiger partial charge in [-0.25, -0.2) is 0 Å². The molecule has 0 bridgehead atoms. The lowest BCUT2D eigenvalue weighted by molar-refractivity contribution is -0.233. The van der Waals surface area contributed by atoms with Crippen LogP contribution in [0.25, 0.3) is 0 Å². The standard InChI is InChI=1S/C40H69NO6/c1-12-41-39(19-21-46-22-20-39)24-47-33-30(45-11)23-40(27(5)42)29-15-16-38(10)32(34(43)44)36(8,26(4)25(2)3)17-18-37(38,9)28(29)13-14-31(40)35(33,6)7/h15,25-28,30-33,41-42H,12-14,16-24H2,1-11H3,(H,43,44)/t26-,27+,28+,30-,31+,32-,33+,36-,37-,38+,40+/m1/s1. The number of fused-ring (bicyclic) bond motifs is 5. The van der Waals surface area contributed by atoms with Gasteiger partial charge in [0.1, 0.15) is 0 Å². The molecule has 1 saturated heterocycles. The Bertz CT molecular complexity index is 1170. The molecule has 11 atom stereocenters. The van der Waals surface area contributed by atoms with Crippen molar-refractivity contribution < 1.29 is 29.2 Å². The summed E-state index contributed by atoms with van der Waals surface area (Å²) >= 11 is 0. The maximum atomic E-state index is 13.4. The normalized spacial score (nSPS) is 44.0. The van der Waals surface area contributed by atoms with Crippen molar-refractivity contribution in [1.82, 2.24) is 5.32 Å². The molecule has 4 fully saturated rings. The number of carboxylic acids is 1. The highest BCUT2D eigenvalue weighted by atomic mass is 16.5. The lowest BCUT2D eigenvalue weighted by atomic mass is 9.34. The number of allylic oxidation sites excluding steroid dienone is 1. The highest BCUT2D eigenvalue weighted by Crippen LogP contribution is 2.74. The third kappa shape index (κ3) is 5.50. The second-order valence-corrected chi connectivity index (χ2v) is 18.4. The van der Waals surface area contributed by atoms with Gasteiger partial charge in [0.25, 0.3) is 0 Å². The number of hydrogen-bond donors (Lipinski definition) is 3. The molecule has 0 aromatic rings. The molecule has 47 heavy (non-hydrogen) atoms. The van der Waals surface area contributed by atoms with Crippen LogP contribution >= 0.6 is 0 Å². The number of ether oxygens (including phenoxy) is 3. The third-order valence-electron chi connectivity index (χ3n) is 16.0. The molecule has 7 nitrogen and oxygen atoms in total. The maximum absolute atomic E-state index is 13.4. The number of carboxylic acid groups (broad SMARTS) is 1. The fourth-order valence-corrected chi connectivity index (χ4v) is 12.7. The Hall–Kier alpha value is -0.990. The minimum atomic E-state index is -0.637. The average Bonchev–Trinajstić information content (AvgIpc) is 3.00. The quantitative estimate of drug-likeness (QED) is 0.209. The molecule has 1 aliphatic heterocycles. The molecule has 0 amide bonds. The summed E-state index contributed by atoms with van der Waals surface area (Å²) in [5, 5.41) is 26.8. The molecule has 0 radical (unpaired) electrons. The number of carbonyl (C=O) groups is 1. The fraction of sp³-hybridized carbons (Fsp3) is 0.925. The van der Waals surface area contributed by atoms with E-state index in [4.69, 9.17) is 14.2 Å². The van der Waals surface area contributed by atoms with Gasteiger partial charge in [-0.2, -0.15) is 0 Å². The van der Waals surface area contributed by atoms with Gasteiger partial charge in [0.05, 0.1) is 30.8 Å². The van der Waals surface area contributed by atoms with Gasteiger partial charge in [-0.3, -0.25) is 4.79 Å². The van der Waals surface area contributed by atoms with Crippen molar-refractivity contribution in [2.24, 2.45) is 56.7 Å². The topological polar surface area (TPSA) is 97.2 Å². The first-order valence-corrected chi connectivity index (χ1v) is 19.0. The predicted molar refractivity (Wildman–Crippen MR) is 187 cm³/mol. The Morgan fingerprint density at radius 3 is 2.23 bits per heavy atom. The van der Waals surface area contributed by atoms with Gasteiger partial charge < -0.3 is 29.7 Å². The third-order valence-corrected chi connectivity index (χ3v) is 16.0. The number of aliphatic hydroxyl groups is 1. The van der Waals surface area contributed by atoms with Gasteiger partial charge in [-0.1, -0.05) is 74.0 Å². The summed E-state index contributed by atoms with van der Waals surface area (Å²) in [5.74, 6) is 0.118. The summed E-state index contributed by atoms with van der Waals surface area (Å²) in [5.41, 5.74) is -0.224. The highest BCUT2D eigenvalue weighted by Gasteiger charge is 2.71. The molecular formula is C40H69NO6. The zero-order valence-electron chi connectivity index (χ0n) is 31.7. The second-order valence-electron chi connectivity index (χ2n) is 18.4. The minimum Gasteiger partial charge on any atom is -0.481 e. The molecule has 3 saturated carbocycles. The minimum absolute atomic E-state index is 0.0913. The Morgan fingerprint density at radius 1 is 1.02 bits per heavy atom. The predicted octanol–water partition coefficient (Wildman–Crippen LogP) is 7.50. The Balaban J connectivity index is 1.54. The summed E-state index contributed by atoms with van der Waals surface area (Å²) in [6, 6.07) is 0. The number of nitrogens with one attached hydrogen (secondary N) is 1. The monoisotopic (exact) mass is 660 g/mol. The lowest BCUT2D eigenvalue weighted by Gasteiger charge is -2.70. The van der Waals surface area contributed by atoms with E-state index in [1.807, 2.05) is 14.0 Å². The van der Waals surface area contributed by atoms with E-state index in [1.54, 1.807) is 0 Å². The van der Waals surface area contributed by atoms with Crippen molar-refractivity contribution in [3.05, 3.63) is 11.6 Å². The fourth-order valence-electron chi connectivity index (χ4n) is 12.7. The Kier molecular flexibility index (Phi) is 10.3. The van der Waals surface area contributed by atoms with Crippen LogP contribution in [0.2, 0.25) is 0 Å². The number of rotatable bonds is 10. The largest absolute Gasteiger partial charge is 0.481 e. The van der Waals surface area contributed by atoms with Crippen LogP contribution in [0.1, 0.15) is 121 Å². The van der Waals surface area contributed by atoms with E-state index in [1.165, 1.54) is 5.57 Å². The van der Waals surface area contributed by atoms with Crippen molar-refractivity contribution in [2.75, 3.05) is 33.5 Å². The van der Waals surface area contributed by atoms with Crippen molar-refractivity contribution in [3.63, 3.8) is 0 Å². The number of hydrogen-bond acceptors (Lipinski definition) is 6. The van der Waals surface area contributed by atoms with E-state index in [0.29, 0.717) is 18.4 Å². The molecule has 0 spiro atoms. The molecule has 3 N–H and O–H groups in total. The van der Waals surface area contributed by atoms with Crippen LogP contribution in [0, 0.1) is 56.7 Å². The molecule has 1 heterocycles. The molecule has 4 aliphatic carbocycles. The van der Waals surface area contributed by atoms with Crippen LogP contribution < -0.4 is 5.32 Å². The van der Waals surface area contributed by atoms with Crippen LogP contribution in [0.3, 0.4) is 0 Å². The first-order chi connectivity index (χ1) is 21.9. The summed E-state index contributed by atoms with van der Waals surface area (Å²) in [4.78, 5) is 13.4. The van der Waals surface area contributed by atoms with Gasteiger partial charge in [0.2, 0.25) is 0 Å². The first kappa shape index (κ1) is 37.3. The van der Waals surface area contributed by atoms with Gasteiger partial charge in [-0.05, 0) is 110 Å². The number of methoxy groups -OCH3 is 1. The van der Waals surface area contributed by atoms with Crippen molar-refractivity contribution >= 4 is 5.97 Å². The van der Waals surface area contributed by atoms with Crippen LogP contribution in [0.5, 0.6) is 0 Å². The summed E-state index contributed by atoms with van der Waals surface area (Å²) in [6.07, 6.45) is 8.88. The molecule has 5 aliphatic rings. The van der Waals surface area contributed by atoms with E-state index in [2.05, 4.69) is 73.7 Å². The molecular weight excluding hydrogens is 590 g/mol. The first-order valence-electron chi connectivity index (χ1n) is 19.0. The van der Waals surface area contributed by atoms with E-state index in [9.17, 15) is 15.0 Å². The molecule has 5 rings (SSSR count). The van der Waals surface area contributed by atoms with Gasteiger partial charge in [0.15, 0.2) is 0 Å². The number of likely N-dealkylation sites (N-methyl/N-ethyl adjacent to an activating group) is 1. The van der Waals surface area contributed by atoms with Crippen molar-refractivity contribution in [3.8, 4) is 0 Å². The summed E-state index contributed by atoms with van der Waals surface area (Å²) in [7, 11) is 1.81. The molecule has 0 unspecified atom stereocenters. The van der Waals surface area contributed by atoms with Crippen LogP contribution in [-0.4, -0.2) is 73.5 Å². The smallest absolute Gasteiger partial charge is 0.307 e. The zero-order valence-corrected chi connectivity index (χ0v) is 31.7. The zero-order chi connectivity index (χ0) is 34.8. The number of aliphatic carboxylic acids is 1. The number of aliphatic hydroxyl groups excluding tert-OH is 1. The van der Waals surface area contributed by atoms with E-state index < -0.39 is 23.4 Å². The summed E-state index contributed by atoms with van der Waals surface area (Å²) < 4.78 is 19.1. The average molecular weight is 660 g/mol. The summed E-state index contributed by atoms with van der Waals surface area (Å²) in [6.45, 7) is 25.6. The van der Waals surface area contributed by atoms with E-state index >= 15 is 0 Å². The Labute approximate surface area is 286 Å². The van der Waals surface area contributed by atoms with E-state index in [0.717, 1.165) is 71.1 Å². The van der Waals surface area contributed by atoms with Crippen LogP contribution in [-0.2, 0) is 19.0 Å². The van der Waals surface area contributed by atoms with Crippen molar-refractivity contribution in [1.29, 1.82) is 0 Å². The van der Waals surface area contributed by atoms with Gasteiger partial charge >= 0.3 is 5.97 Å². The van der Waals surface area contributed by atoms with E-state index in [-0.39, 0.29) is 51.2 Å². The molecule has 270 valence electrons. The Morgan fingerprint density at radius 2 is 1.68 bits per heavy atom.